The minimum Gasteiger partial charge on any atom is -0.454 e. The molecule has 2 heterocycles. The average molecular weight is 694 g/mol. The van der Waals surface area contributed by atoms with Crippen LogP contribution in [0.2, 0.25) is 0 Å². The highest BCUT2D eigenvalue weighted by atomic mass is 32.3. The summed E-state index contributed by atoms with van der Waals surface area (Å²) in [4.78, 5) is 14.5. The molecule has 246 valence electrons. The Kier molecular flexibility index (Phi) is 8.04. The van der Waals surface area contributed by atoms with Crippen molar-refractivity contribution in [3.05, 3.63) is 212 Å². The van der Waals surface area contributed by atoms with Gasteiger partial charge in [-0.05, 0) is 103 Å². The molecule has 7 aromatic carbocycles. The quantitative estimate of drug-likeness (QED) is 0.158. The van der Waals surface area contributed by atoms with E-state index in [1.165, 1.54) is 34.3 Å². The molecule has 9 aromatic rings. The van der Waals surface area contributed by atoms with Gasteiger partial charge >= 0.3 is 0 Å². The molecule has 0 N–H and O–H groups in total. The zero-order valence-electron chi connectivity index (χ0n) is 27.9. The fourth-order valence-corrected chi connectivity index (χ4v) is 14.9. The standard InChI is InChI=1S/C47H35NOS2/c1-7-19-36(20-8-1)50(37-21-9-2-10-22-37,38-23-11-3-12-24-38)42-31-32-44-43(35-42)47-45(49-44)33-34-46(48-47)51(39-25-13-4-14-26-39,40-27-15-5-16-28-40)41-29-17-6-18-30-41/h1-35H. The molecule has 9 rings (SSSR count). The first-order valence-electron chi connectivity index (χ1n) is 17.1. The normalized spacial score (nSPS) is 12.5. The Morgan fingerprint density at radius 1 is 0.314 bits per heavy atom. The number of benzene rings is 7. The van der Waals surface area contributed by atoms with Gasteiger partial charge in [-0.25, -0.2) is 4.98 Å². The molecule has 51 heavy (non-hydrogen) atoms. The Hall–Kier alpha value is -5.81. The molecule has 0 saturated carbocycles. The second kappa shape index (κ2) is 13.1. The van der Waals surface area contributed by atoms with Crippen LogP contribution in [0.3, 0.4) is 0 Å². The van der Waals surface area contributed by atoms with Crippen molar-refractivity contribution in [2.45, 2.75) is 39.3 Å². The molecule has 0 unspecified atom stereocenters. The van der Waals surface area contributed by atoms with Crippen molar-refractivity contribution in [2.24, 2.45) is 0 Å². The monoisotopic (exact) mass is 693 g/mol. The van der Waals surface area contributed by atoms with Gasteiger partial charge in [0.05, 0.1) is 5.03 Å². The van der Waals surface area contributed by atoms with Gasteiger partial charge in [-0.2, -0.15) is 0 Å². The molecule has 0 aliphatic carbocycles. The van der Waals surface area contributed by atoms with Crippen LogP contribution in [0.1, 0.15) is 0 Å². The van der Waals surface area contributed by atoms with E-state index in [9.17, 15) is 0 Å². The molecule has 2 aromatic heterocycles. The minimum atomic E-state index is -1.96. The molecule has 4 heteroatoms. The number of furan rings is 1. The van der Waals surface area contributed by atoms with Crippen LogP contribution in [0.15, 0.2) is 256 Å². The van der Waals surface area contributed by atoms with E-state index < -0.39 is 20.1 Å². The van der Waals surface area contributed by atoms with Gasteiger partial charge in [0.1, 0.15) is 11.1 Å². The van der Waals surface area contributed by atoms with Crippen molar-refractivity contribution < 1.29 is 4.42 Å². The summed E-state index contributed by atoms with van der Waals surface area (Å²) in [5.74, 6) is 0. The van der Waals surface area contributed by atoms with Crippen LogP contribution in [-0.2, 0) is 0 Å². The predicted molar refractivity (Wildman–Crippen MR) is 211 cm³/mol. The van der Waals surface area contributed by atoms with E-state index in [0.717, 1.165) is 27.1 Å². The summed E-state index contributed by atoms with van der Waals surface area (Å²) in [6.07, 6.45) is 0. The maximum absolute atomic E-state index is 6.58. The van der Waals surface area contributed by atoms with E-state index in [0.29, 0.717) is 0 Å². The van der Waals surface area contributed by atoms with Crippen LogP contribution in [0.4, 0.5) is 0 Å². The van der Waals surface area contributed by atoms with Gasteiger partial charge in [-0.15, -0.1) is 20.1 Å². The van der Waals surface area contributed by atoms with Crippen LogP contribution in [0.25, 0.3) is 22.1 Å². The third kappa shape index (κ3) is 5.10. The Labute approximate surface area is 301 Å². The highest BCUT2D eigenvalue weighted by Crippen LogP contribution is 2.74. The molecular formula is C47H35NOS2. The van der Waals surface area contributed by atoms with Gasteiger partial charge in [0.25, 0.3) is 0 Å². The van der Waals surface area contributed by atoms with Gasteiger partial charge in [0, 0.05) is 39.7 Å². The largest absolute Gasteiger partial charge is 0.454 e. The summed E-state index contributed by atoms with van der Waals surface area (Å²) in [5.41, 5.74) is 2.50. The smallest absolute Gasteiger partial charge is 0.153 e. The van der Waals surface area contributed by atoms with Crippen LogP contribution in [0, 0.1) is 0 Å². The van der Waals surface area contributed by atoms with Gasteiger partial charge < -0.3 is 4.42 Å². The second-order valence-electron chi connectivity index (χ2n) is 12.4. The van der Waals surface area contributed by atoms with Crippen LogP contribution < -0.4 is 0 Å². The molecule has 0 fully saturated rings. The third-order valence-electron chi connectivity index (χ3n) is 9.51. The van der Waals surface area contributed by atoms with E-state index in [1.54, 1.807) is 0 Å². The highest BCUT2D eigenvalue weighted by Gasteiger charge is 2.36. The first kappa shape index (κ1) is 31.2. The first-order valence-corrected chi connectivity index (χ1v) is 20.4. The maximum Gasteiger partial charge on any atom is 0.153 e. The zero-order valence-corrected chi connectivity index (χ0v) is 29.5. The summed E-state index contributed by atoms with van der Waals surface area (Å²) in [5, 5.41) is 2.05. The molecular weight excluding hydrogens is 659 g/mol. The molecule has 0 atom stereocenters. The van der Waals surface area contributed by atoms with Crippen molar-refractivity contribution in [3.8, 4) is 0 Å². The lowest BCUT2D eigenvalue weighted by Crippen LogP contribution is -2.07. The molecule has 0 spiro atoms. The minimum absolute atomic E-state index is 0.785. The van der Waals surface area contributed by atoms with Crippen molar-refractivity contribution in [1.29, 1.82) is 0 Å². The predicted octanol–water partition coefficient (Wildman–Crippen LogP) is 13.7. The molecule has 0 radical (unpaired) electrons. The van der Waals surface area contributed by atoms with Gasteiger partial charge in [-0.1, -0.05) is 109 Å². The fraction of sp³-hybridized carbons (Fsp3) is 0. The number of pyridine rings is 1. The van der Waals surface area contributed by atoms with E-state index >= 15 is 0 Å². The maximum atomic E-state index is 6.58. The highest BCUT2D eigenvalue weighted by molar-refractivity contribution is 8.34. The van der Waals surface area contributed by atoms with Crippen LogP contribution in [-0.4, -0.2) is 4.98 Å². The van der Waals surface area contributed by atoms with E-state index in [-0.39, 0.29) is 0 Å². The molecule has 0 amide bonds. The van der Waals surface area contributed by atoms with E-state index in [2.05, 4.69) is 212 Å². The van der Waals surface area contributed by atoms with Crippen LogP contribution in [0.5, 0.6) is 0 Å². The number of hydrogen-bond acceptors (Lipinski definition) is 2. The van der Waals surface area contributed by atoms with Crippen LogP contribution >= 0.6 is 20.1 Å². The number of fused-ring (bicyclic) bond motifs is 3. The zero-order chi connectivity index (χ0) is 34.1. The SMILES string of the molecule is c1ccc(S(c2ccccc2)(c2ccccc2)c2ccc3oc4ccc(S(c5ccccc5)(c5ccccc5)c5ccccc5)nc4c3c2)cc1. The Balaban J connectivity index is 1.36. The fourth-order valence-electron chi connectivity index (χ4n) is 7.30. The van der Waals surface area contributed by atoms with Gasteiger partial charge in [0.15, 0.2) is 5.58 Å². The van der Waals surface area contributed by atoms with E-state index in [4.69, 9.17) is 9.40 Å². The summed E-state index contributed by atoms with van der Waals surface area (Å²) in [6, 6.07) is 76.6. The van der Waals surface area contributed by atoms with Crippen molar-refractivity contribution >= 4 is 42.1 Å². The van der Waals surface area contributed by atoms with Crippen molar-refractivity contribution in [1.82, 2.24) is 4.98 Å². The summed E-state index contributed by atoms with van der Waals surface area (Å²) < 4.78 is 6.58. The van der Waals surface area contributed by atoms with Gasteiger partial charge in [-0.3, -0.25) is 0 Å². The molecule has 0 saturated heterocycles. The van der Waals surface area contributed by atoms with Gasteiger partial charge in [0.2, 0.25) is 0 Å². The average Bonchev–Trinajstić information content (AvgIpc) is 3.59. The molecule has 0 aliphatic heterocycles. The summed E-state index contributed by atoms with van der Waals surface area (Å²) in [6.45, 7) is 0. The summed E-state index contributed by atoms with van der Waals surface area (Å²) in [7, 11) is -3.85. The molecule has 2 nitrogen and oxygen atoms in total. The molecule has 0 aliphatic rings. The number of hydrogen-bond donors (Lipinski definition) is 0. The topological polar surface area (TPSA) is 26.0 Å². The third-order valence-corrected chi connectivity index (χ3v) is 17.2. The summed E-state index contributed by atoms with van der Waals surface area (Å²) >= 11 is 0. The number of rotatable bonds is 8. The van der Waals surface area contributed by atoms with E-state index in [1.807, 2.05) is 0 Å². The second-order valence-corrected chi connectivity index (χ2v) is 18.5. The van der Waals surface area contributed by atoms with Crippen molar-refractivity contribution in [2.75, 3.05) is 0 Å². The molecule has 0 bridgehead atoms. The lowest BCUT2D eigenvalue weighted by Gasteiger charge is -2.42. The Morgan fingerprint density at radius 3 is 1.06 bits per heavy atom. The Bertz CT molecular complexity index is 2180. The lowest BCUT2D eigenvalue weighted by molar-refractivity contribution is 0.667. The number of aromatic nitrogens is 1. The lowest BCUT2D eigenvalue weighted by atomic mass is 10.2. The van der Waals surface area contributed by atoms with Crippen molar-refractivity contribution in [3.63, 3.8) is 0 Å². The Morgan fingerprint density at radius 2 is 0.667 bits per heavy atom. The number of nitrogens with zero attached hydrogens (tertiary/aromatic N) is 1. The first-order chi connectivity index (χ1) is 25.3.